The summed E-state index contributed by atoms with van der Waals surface area (Å²) in [6, 6.07) is 9.51. The maximum atomic E-state index is 11.5. The maximum absolute atomic E-state index is 11.5. The molecule has 0 bridgehead atoms. The summed E-state index contributed by atoms with van der Waals surface area (Å²) in [5.74, 6) is -0.0840. The molecular formula is C26H34O12. The summed E-state index contributed by atoms with van der Waals surface area (Å²) in [5, 5.41) is 71.2. The standard InChI is InChI=1S/C26H34O12/c1-34-18-8-14(4-5-16(18)29)24-15(10-27)26(33,12-36-24)9-13-3-6-17(19(7-13)35-2)37-25-23(32)22(31)21(30)20(11-28)38-25/h3-8,15,20-25,27-33H,9-12H2,1-2H3/t15?,20?,21?,22?,23?,24?,25?,26-/m1/s1. The van der Waals surface area contributed by atoms with Crippen molar-refractivity contribution < 1.29 is 59.4 Å². The molecule has 0 aliphatic carbocycles. The SMILES string of the molecule is COc1cc(C2OC[C@](O)(Cc3ccc(OC4OC(CO)C(O)C(O)C4O)c(OC)c3)C2CO)ccc1O. The van der Waals surface area contributed by atoms with Gasteiger partial charge in [0, 0.05) is 12.3 Å². The molecule has 12 nitrogen and oxygen atoms in total. The smallest absolute Gasteiger partial charge is 0.229 e. The minimum atomic E-state index is -1.59. The molecular weight excluding hydrogens is 504 g/mol. The van der Waals surface area contributed by atoms with Crippen LogP contribution in [-0.4, -0.2) is 106 Å². The largest absolute Gasteiger partial charge is 0.504 e. The molecule has 2 saturated heterocycles. The van der Waals surface area contributed by atoms with Gasteiger partial charge in [0.15, 0.2) is 23.0 Å². The van der Waals surface area contributed by atoms with Crippen molar-refractivity contribution in [3.05, 3.63) is 47.5 Å². The molecule has 0 saturated carbocycles. The summed E-state index contributed by atoms with van der Waals surface area (Å²) in [7, 11) is 2.82. The summed E-state index contributed by atoms with van der Waals surface area (Å²) in [6.45, 7) is -1.01. The zero-order chi connectivity index (χ0) is 27.6. The van der Waals surface area contributed by atoms with E-state index in [1.807, 2.05) is 0 Å². The molecule has 0 aromatic heterocycles. The number of hydrogen-bond donors (Lipinski definition) is 7. The molecule has 0 spiro atoms. The highest BCUT2D eigenvalue weighted by Gasteiger charge is 2.49. The zero-order valence-corrected chi connectivity index (χ0v) is 21.0. The lowest BCUT2D eigenvalue weighted by Gasteiger charge is -2.39. The van der Waals surface area contributed by atoms with Gasteiger partial charge in [0.1, 0.15) is 24.4 Å². The third kappa shape index (κ3) is 5.40. The van der Waals surface area contributed by atoms with Crippen molar-refractivity contribution >= 4 is 0 Å². The van der Waals surface area contributed by atoms with Crippen LogP contribution in [0.15, 0.2) is 36.4 Å². The Labute approximate surface area is 219 Å². The zero-order valence-electron chi connectivity index (χ0n) is 21.0. The second-order valence-electron chi connectivity index (χ2n) is 9.53. The number of aromatic hydroxyl groups is 1. The van der Waals surface area contributed by atoms with Gasteiger partial charge in [0.2, 0.25) is 6.29 Å². The Morgan fingerprint density at radius 3 is 2.29 bits per heavy atom. The summed E-state index contributed by atoms with van der Waals surface area (Å²) >= 11 is 0. The molecule has 0 radical (unpaired) electrons. The van der Waals surface area contributed by atoms with Gasteiger partial charge in [-0.1, -0.05) is 12.1 Å². The molecule has 12 heteroatoms. The highest BCUT2D eigenvalue weighted by Crippen LogP contribution is 2.44. The van der Waals surface area contributed by atoms with Crippen LogP contribution in [0.25, 0.3) is 0 Å². The Bertz CT molecular complexity index is 1090. The van der Waals surface area contributed by atoms with Crippen LogP contribution in [0.2, 0.25) is 0 Å². The van der Waals surface area contributed by atoms with Gasteiger partial charge >= 0.3 is 0 Å². The fourth-order valence-corrected chi connectivity index (χ4v) is 4.95. The summed E-state index contributed by atoms with van der Waals surface area (Å²) in [4.78, 5) is 0. The first kappa shape index (κ1) is 28.3. The van der Waals surface area contributed by atoms with E-state index in [0.717, 1.165) is 0 Å². The fraction of sp³-hybridized carbons (Fsp3) is 0.538. The molecule has 38 heavy (non-hydrogen) atoms. The lowest BCUT2D eigenvalue weighted by molar-refractivity contribution is -0.277. The highest BCUT2D eigenvalue weighted by atomic mass is 16.7. The van der Waals surface area contributed by atoms with Crippen molar-refractivity contribution in [2.24, 2.45) is 5.92 Å². The van der Waals surface area contributed by atoms with Gasteiger partial charge in [-0.25, -0.2) is 0 Å². The van der Waals surface area contributed by atoms with Crippen molar-refractivity contribution in [2.75, 3.05) is 34.0 Å². The van der Waals surface area contributed by atoms with Crippen LogP contribution in [0.3, 0.4) is 0 Å². The minimum Gasteiger partial charge on any atom is -0.504 e. The molecule has 2 aliphatic rings. The van der Waals surface area contributed by atoms with Gasteiger partial charge in [-0.15, -0.1) is 0 Å². The number of benzene rings is 2. The molecule has 2 heterocycles. The third-order valence-corrected chi connectivity index (χ3v) is 7.13. The van der Waals surface area contributed by atoms with Crippen LogP contribution < -0.4 is 14.2 Å². The van der Waals surface area contributed by atoms with E-state index in [-0.39, 0.29) is 42.6 Å². The summed E-state index contributed by atoms with van der Waals surface area (Å²) in [5.41, 5.74) is -0.165. The number of methoxy groups -OCH3 is 2. The van der Waals surface area contributed by atoms with E-state index >= 15 is 0 Å². The highest BCUT2D eigenvalue weighted by molar-refractivity contribution is 5.45. The van der Waals surface area contributed by atoms with Gasteiger partial charge in [-0.2, -0.15) is 0 Å². The van der Waals surface area contributed by atoms with E-state index in [4.69, 9.17) is 23.7 Å². The van der Waals surface area contributed by atoms with Gasteiger partial charge in [-0.3, -0.25) is 0 Å². The first-order chi connectivity index (χ1) is 18.1. The Hall–Kier alpha value is -2.68. The topological polar surface area (TPSA) is 188 Å². The van der Waals surface area contributed by atoms with Gasteiger partial charge in [0.25, 0.3) is 0 Å². The predicted molar refractivity (Wildman–Crippen MR) is 130 cm³/mol. The fourth-order valence-electron chi connectivity index (χ4n) is 4.95. The monoisotopic (exact) mass is 538 g/mol. The lowest BCUT2D eigenvalue weighted by atomic mass is 9.80. The Morgan fingerprint density at radius 1 is 0.895 bits per heavy atom. The minimum absolute atomic E-state index is 0.0387. The molecule has 8 atom stereocenters. The van der Waals surface area contributed by atoms with E-state index in [1.54, 1.807) is 24.3 Å². The second-order valence-corrected chi connectivity index (χ2v) is 9.53. The molecule has 7 unspecified atom stereocenters. The first-order valence-corrected chi connectivity index (χ1v) is 12.1. The number of ether oxygens (including phenoxy) is 5. The van der Waals surface area contributed by atoms with E-state index < -0.39 is 54.9 Å². The quantitative estimate of drug-likeness (QED) is 0.212. The van der Waals surface area contributed by atoms with Crippen LogP contribution in [-0.2, 0) is 15.9 Å². The third-order valence-electron chi connectivity index (χ3n) is 7.13. The van der Waals surface area contributed by atoms with Crippen molar-refractivity contribution in [3.8, 4) is 23.0 Å². The van der Waals surface area contributed by atoms with Gasteiger partial charge in [0.05, 0.1) is 45.7 Å². The predicted octanol–water partition coefficient (Wildman–Crippen LogP) is -0.758. The average Bonchev–Trinajstić information content (AvgIpc) is 3.25. The van der Waals surface area contributed by atoms with Crippen molar-refractivity contribution in [2.45, 2.75) is 48.8 Å². The van der Waals surface area contributed by atoms with Crippen molar-refractivity contribution in [3.63, 3.8) is 0 Å². The molecule has 4 rings (SSSR count). The van der Waals surface area contributed by atoms with Crippen LogP contribution >= 0.6 is 0 Å². The molecule has 7 N–H and O–H groups in total. The number of aliphatic hydroxyl groups excluding tert-OH is 5. The van der Waals surface area contributed by atoms with Crippen molar-refractivity contribution in [1.29, 1.82) is 0 Å². The molecule has 2 aromatic rings. The molecule has 0 amide bonds. The average molecular weight is 539 g/mol. The van der Waals surface area contributed by atoms with Crippen LogP contribution in [0.5, 0.6) is 23.0 Å². The van der Waals surface area contributed by atoms with Crippen molar-refractivity contribution in [1.82, 2.24) is 0 Å². The molecule has 210 valence electrons. The van der Waals surface area contributed by atoms with E-state index in [9.17, 15) is 35.7 Å². The molecule has 2 aromatic carbocycles. The summed E-state index contributed by atoms with van der Waals surface area (Å²) in [6.07, 6.45) is -7.76. The lowest BCUT2D eigenvalue weighted by Crippen LogP contribution is -2.60. The van der Waals surface area contributed by atoms with E-state index in [2.05, 4.69) is 0 Å². The molecule has 2 fully saturated rings. The summed E-state index contributed by atoms with van der Waals surface area (Å²) < 4.78 is 27.6. The number of hydrogen-bond acceptors (Lipinski definition) is 12. The van der Waals surface area contributed by atoms with Crippen LogP contribution in [0.4, 0.5) is 0 Å². The Kier molecular flexibility index (Phi) is 8.65. The number of aliphatic hydroxyl groups is 6. The van der Waals surface area contributed by atoms with Crippen LogP contribution in [0.1, 0.15) is 17.2 Å². The van der Waals surface area contributed by atoms with Gasteiger partial charge < -0.3 is 59.4 Å². The molecule has 2 aliphatic heterocycles. The maximum Gasteiger partial charge on any atom is 0.229 e. The van der Waals surface area contributed by atoms with Crippen LogP contribution in [0, 0.1) is 5.92 Å². The first-order valence-electron chi connectivity index (χ1n) is 12.1. The number of phenolic OH excluding ortho intramolecular Hbond substituents is 1. The second kappa shape index (κ2) is 11.6. The Balaban J connectivity index is 1.52. The van der Waals surface area contributed by atoms with E-state index in [1.165, 1.54) is 26.4 Å². The number of rotatable bonds is 9. The number of phenols is 1. The normalized spacial score (nSPS) is 33.2. The Morgan fingerprint density at radius 2 is 1.63 bits per heavy atom. The van der Waals surface area contributed by atoms with Gasteiger partial charge in [-0.05, 0) is 35.4 Å². The van der Waals surface area contributed by atoms with E-state index in [0.29, 0.717) is 11.1 Å².